The first-order valence-corrected chi connectivity index (χ1v) is 1.44. The van der Waals surface area contributed by atoms with Crippen LogP contribution in [0, 0.1) is 6.92 Å². The van der Waals surface area contributed by atoms with Crippen LogP contribution in [0.5, 0.6) is 0 Å². The molecule has 0 bridgehead atoms. The van der Waals surface area contributed by atoms with Crippen LogP contribution in [0.4, 0.5) is 0 Å². The first-order chi connectivity index (χ1) is 2.27. The largest absolute Gasteiger partial charge is 0.513 e. The Hall–Kier alpha value is -0.460. The van der Waals surface area contributed by atoms with Gasteiger partial charge < -0.3 is 5.11 Å². The standard InChI is InChI=1S/C4H7O/c1-3-4(2)5/h3,5H,2H2,1H3/b4-3-. The van der Waals surface area contributed by atoms with Gasteiger partial charge in [-0.1, -0.05) is 0 Å². The van der Waals surface area contributed by atoms with E-state index >= 15 is 0 Å². The zero-order valence-electron chi connectivity index (χ0n) is 3.23. The summed E-state index contributed by atoms with van der Waals surface area (Å²) in [7, 11) is 0. The highest BCUT2D eigenvalue weighted by Crippen LogP contribution is 1.76. The average Bonchev–Trinajstić information content (AvgIpc) is 1.38. The van der Waals surface area contributed by atoms with Crippen LogP contribution in [-0.4, -0.2) is 5.11 Å². The number of hydrogen-bond donors (Lipinski definition) is 1. The fourth-order valence-electron chi connectivity index (χ4n) is 0. The Labute approximate surface area is 31.9 Å². The molecule has 0 atom stereocenters. The van der Waals surface area contributed by atoms with E-state index in [1.165, 1.54) is 6.08 Å². The van der Waals surface area contributed by atoms with Gasteiger partial charge in [-0.2, -0.15) is 0 Å². The molecule has 0 aliphatic heterocycles. The zero-order chi connectivity index (χ0) is 4.28. The average molecular weight is 71.1 g/mol. The first kappa shape index (κ1) is 4.54. The first-order valence-electron chi connectivity index (χ1n) is 1.44. The van der Waals surface area contributed by atoms with Gasteiger partial charge in [0.2, 0.25) is 0 Å². The molecule has 0 saturated heterocycles. The van der Waals surface area contributed by atoms with Crippen LogP contribution < -0.4 is 0 Å². The van der Waals surface area contributed by atoms with E-state index in [0.717, 1.165) is 0 Å². The molecule has 0 heterocycles. The summed E-state index contributed by atoms with van der Waals surface area (Å²) in [6, 6.07) is 0. The lowest BCUT2D eigenvalue weighted by Crippen LogP contribution is -1.61. The molecule has 0 aromatic carbocycles. The van der Waals surface area contributed by atoms with Crippen molar-refractivity contribution in [1.82, 2.24) is 0 Å². The molecule has 1 heteroatoms. The van der Waals surface area contributed by atoms with Gasteiger partial charge in [-0.3, -0.25) is 0 Å². The number of rotatable bonds is 0. The second-order valence-electron chi connectivity index (χ2n) is 0.780. The van der Waals surface area contributed by atoms with E-state index in [2.05, 4.69) is 6.92 Å². The van der Waals surface area contributed by atoms with Gasteiger partial charge in [0, 0.05) is 6.92 Å². The fraction of sp³-hybridized carbons (Fsp3) is 0.250. The maximum Gasteiger partial charge on any atom is 0.0884 e. The third-order valence-corrected chi connectivity index (χ3v) is 0.333. The molecule has 0 aromatic heterocycles. The lowest BCUT2D eigenvalue weighted by molar-refractivity contribution is 0.430. The molecular formula is C4H7O. The SMILES string of the molecule is [CH2]/C(O)=C/C. The van der Waals surface area contributed by atoms with Crippen molar-refractivity contribution >= 4 is 0 Å². The van der Waals surface area contributed by atoms with Crippen LogP contribution in [0.15, 0.2) is 11.8 Å². The molecule has 0 aliphatic carbocycles. The summed E-state index contributed by atoms with van der Waals surface area (Å²) in [5.41, 5.74) is 0. The molecule has 0 fully saturated rings. The lowest BCUT2D eigenvalue weighted by atomic mass is 10.5. The van der Waals surface area contributed by atoms with E-state index in [9.17, 15) is 0 Å². The molecule has 0 rings (SSSR count). The summed E-state index contributed by atoms with van der Waals surface area (Å²) >= 11 is 0. The quantitative estimate of drug-likeness (QED) is 0.426. The minimum atomic E-state index is 0.130. The maximum atomic E-state index is 8.11. The second kappa shape index (κ2) is 1.82. The molecule has 0 spiro atoms. The van der Waals surface area contributed by atoms with E-state index in [1.54, 1.807) is 6.92 Å². The van der Waals surface area contributed by atoms with Gasteiger partial charge in [0.25, 0.3) is 0 Å². The minimum Gasteiger partial charge on any atom is -0.513 e. The van der Waals surface area contributed by atoms with Crippen LogP contribution in [-0.2, 0) is 0 Å². The number of aliphatic hydroxyl groups excluding tert-OH is 1. The smallest absolute Gasteiger partial charge is 0.0884 e. The zero-order valence-corrected chi connectivity index (χ0v) is 3.23. The Kier molecular flexibility index (Phi) is 1.65. The van der Waals surface area contributed by atoms with Crippen molar-refractivity contribution in [2.24, 2.45) is 0 Å². The Morgan fingerprint density at radius 3 is 2.20 bits per heavy atom. The monoisotopic (exact) mass is 71.0 g/mol. The van der Waals surface area contributed by atoms with Gasteiger partial charge in [0.15, 0.2) is 0 Å². The van der Waals surface area contributed by atoms with E-state index in [1.807, 2.05) is 0 Å². The van der Waals surface area contributed by atoms with Crippen molar-refractivity contribution in [3.05, 3.63) is 18.8 Å². The summed E-state index contributed by atoms with van der Waals surface area (Å²) in [6.45, 7) is 4.90. The molecule has 0 aliphatic rings. The van der Waals surface area contributed by atoms with Crippen LogP contribution in [0.1, 0.15) is 6.92 Å². The van der Waals surface area contributed by atoms with Crippen LogP contribution in [0.2, 0.25) is 0 Å². The summed E-state index contributed by atoms with van der Waals surface area (Å²) in [5, 5.41) is 8.11. The van der Waals surface area contributed by atoms with Gasteiger partial charge in [-0.05, 0) is 13.0 Å². The predicted molar refractivity (Wildman–Crippen MR) is 21.7 cm³/mol. The molecule has 0 unspecified atom stereocenters. The van der Waals surface area contributed by atoms with Crippen molar-refractivity contribution in [3.63, 3.8) is 0 Å². The van der Waals surface area contributed by atoms with Gasteiger partial charge in [0.05, 0.1) is 5.76 Å². The molecule has 0 amide bonds. The highest BCUT2D eigenvalue weighted by Gasteiger charge is 1.63. The third-order valence-electron chi connectivity index (χ3n) is 0.333. The molecule has 1 nitrogen and oxygen atoms in total. The van der Waals surface area contributed by atoms with Gasteiger partial charge in [0.1, 0.15) is 0 Å². The van der Waals surface area contributed by atoms with Gasteiger partial charge >= 0.3 is 0 Å². The topological polar surface area (TPSA) is 20.2 Å². The maximum absolute atomic E-state index is 8.11. The molecule has 0 aromatic rings. The second-order valence-corrected chi connectivity index (χ2v) is 0.780. The summed E-state index contributed by atoms with van der Waals surface area (Å²) in [4.78, 5) is 0. The number of aliphatic hydroxyl groups is 1. The van der Waals surface area contributed by atoms with E-state index in [0.29, 0.717) is 0 Å². The van der Waals surface area contributed by atoms with E-state index in [-0.39, 0.29) is 5.76 Å². The van der Waals surface area contributed by atoms with Crippen LogP contribution in [0.25, 0.3) is 0 Å². The Bertz CT molecular complexity index is 41.6. The molecular weight excluding hydrogens is 64.0 g/mol. The number of allylic oxidation sites excluding steroid dienone is 2. The van der Waals surface area contributed by atoms with Gasteiger partial charge in [-0.25, -0.2) is 0 Å². The van der Waals surface area contributed by atoms with Crippen molar-refractivity contribution in [2.75, 3.05) is 0 Å². The van der Waals surface area contributed by atoms with E-state index < -0.39 is 0 Å². The van der Waals surface area contributed by atoms with Crippen molar-refractivity contribution in [3.8, 4) is 0 Å². The summed E-state index contributed by atoms with van der Waals surface area (Å²) in [6.07, 6.45) is 1.53. The van der Waals surface area contributed by atoms with Gasteiger partial charge in [-0.15, -0.1) is 0 Å². The van der Waals surface area contributed by atoms with Crippen molar-refractivity contribution < 1.29 is 5.11 Å². The molecule has 1 N–H and O–H groups in total. The molecule has 0 saturated carbocycles. The Morgan fingerprint density at radius 1 is 2.00 bits per heavy atom. The van der Waals surface area contributed by atoms with Crippen LogP contribution in [0.3, 0.4) is 0 Å². The van der Waals surface area contributed by atoms with Crippen LogP contribution >= 0.6 is 0 Å². The molecule has 1 radical (unpaired) electrons. The highest BCUT2D eigenvalue weighted by molar-refractivity contribution is 4.89. The Morgan fingerprint density at radius 2 is 2.20 bits per heavy atom. The lowest BCUT2D eigenvalue weighted by Gasteiger charge is -1.74. The van der Waals surface area contributed by atoms with E-state index in [4.69, 9.17) is 5.11 Å². The fourth-order valence-corrected chi connectivity index (χ4v) is 0. The normalized spacial score (nSPS) is 12.0. The predicted octanol–water partition coefficient (Wildman–Crippen LogP) is 1.28. The Balaban J connectivity index is 3.14. The van der Waals surface area contributed by atoms with Crippen molar-refractivity contribution in [1.29, 1.82) is 0 Å². The highest BCUT2D eigenvalue weighted by atomic mass is 16.3. The molecule has 5 heavy (non-hydrogen) atoms. The molecule has 29 valence electrons. The van der Waals surface area contributed by atoms with Crippen molar-refractivity contribution in [2.45, 2.75) is 6.92 Å². The summed E-state index contributed by atoms with van der Waals surface area (Å²) in [5.74, 6) is 0.130. The third kappa shape index (κ3) is 3.54. The number of hydrogen-bond acceptors (Lipinski definition) is 1. The summed E-state index contributed by atoms with van der Waals surface area (Å²) < 4.78 is 0. The minimum absolute atomic E-state index is 0.130.